The molecule has 0 aliphatic rings. The van der Waals surface area contributed by atoms with Crippen LogP contribution in [0.1, 0.15) is 29.6 Å². The van der Waals surface area contributed by atoms with Crippen LogP contribution in [0.3, 0.4) is 0 Å². The second kappa shape index (κ2) is 10.1. The minimum Gasteiger partial charge on any atom is -0.481 e. The highest BCUT2D eigenvalue weighted by atomic mass is 19.1. The highest BCUT2D eigenvalue weighted by Crippen LogP contribution is 2.02. The van der Waals surface area contributed by atoms with E-state index in [0.29, 0.717) is 25.9 Å². The monoisotopic (exact) mass is 325 g/mol. The maximum atomic E-state index is 13.0. The van der Waals surface area contributed by atoms with Gasteiger partial charge in [0, 0.05) is 31.6 Å². The third kappa shape index (κ3) is 8.40. The number of halogens is 1. The van der Waals surface area contributed by atoms with Crippen LogP contribution in [-0.4, -0.2) is 42.6 Å². The standard InChI is InChI=1S/C15H20FN3O4/c16-12-5-1-4-11(10-12)14(22)17-8-3-9-19-15(23)18-7-2-6-13(20)21/h1,4-5,10H,2-3,6-9H2,(H,17,22)(H,20,21)(H2,18,19,23). The molecule has 0 aliphatic heterocycles. The Labute approximate surface area is 133 Å². The van der Waals surface area contributed by atoms with Crippen molar-refractivity contribution >= 4 is 17.9 Å². The number of amides is 3. The second-order valence-corrected chi connectivity index (χ2v) is 4.80. The molecule has 0 spiro atoms. The number of urea groups is 1. The topological polar surface area (TPSA) is 108 Å². The molecule has 4 N–H and O–H groups in total. The van der Waals surface area contributed by atoms with Gasteiger partial charge in [0.15, 0.2) is 0 Å². The van der Waals surface area contributed by atoms with Crippen LogP contribution in [0.25, 0.3) is 0 Å². The maximum absolute atomic E-state index is 13.0. The Morgan fingerprint density at radius 2 is 1.65 bits per heavy atom. The highest BCUT2D eigenvalue weighted by molar-refractivity contribution is 5.94. The van der Waals surface area contributed by atoms with Crippen LogP contribution in [0, 0.1) is 5.82 Å². The molecular weight excluding hydrogens is 305 g/mol. The van der Waals surface area contributed by atoms with E-state index in [-0.39, 0.29) is 30.5 Å². The largest absolute Gasteiger partial charge is 0.481 e. The van der Waals surface area contributed by atoms with E-state index >= 15 is 0 Å². The van der Waals surface area contributed by atoms with Crippen molar-refractivity contribution in [2.75, 3.05) is 19.6 Å². The predicted molar refractivity (Wildman–Crippen MR) is 81.6 cm³/mol. The van der Waals surface area contributed by atoms with Crippen molar-refractivity contribution in [2.24, 2.45) is 0 Å². The van der Waals surface area contributed by atoms with E-state index in [9.17, 15) is 18.8 Å². The number of carboxylic acid groups (broad SMARTS) is 1. The van der Waals surface area contributed by atoms with E-state index in [1.807, 2.05) is 0 Å². The lowest BCUT2D eigenvalue weighted by Gasteiger charge is -2.08. The number of benzene rings is 1. The van der Waals surface area contributed by atoms with Crippen molar-refractivity contribution in [1.29, 1.82) is 0 Å². The maximum Gasteiger partial charge on any atom is 0.314 e. The van der Waals surface area contributed by atoms with Crippen LogP contribution in [-0.2, 0) is 4.79 Å². The Kier molecular flexibility index (Phi) is 8.12. The number of hydrogen-bond donors (Lipinski definition) is 4. The number of carbonyl (C=O) groups is 3. The zero-order valence-electron chi connectivity index (χ0n) is 12.6. The normalized spacial score (nSPS) is 9.96. The number of carbonyl (C=O) groups excluding carboxylic acids is 2. The van der Waals surface area contributed by atoms with Gasteiger partial charge < -0.3 is 21.1 Å². The van der Waals surface area contributed by atoms with Gasteiger partial charge in [0.25, 0.3) is 5.91 Å². The molecule has 0 bridgehead atoms. The van der Waals surface area contributed by atoms with Gasteiger partial charge in [-0.05, 0) is 31.0 Å². The fourth-order valence-electron chi connectivity index (χ4n) is 1.73. The number of aliphatic carboxylic acids is 1. The summed E-state index contributed by atoms with van der Waals surface area (Å²) < 4.78 is 13.0. The Bertz CT molecular complexity index is 551. The molecule has 7 nitrogen and oxygen atoms in total. The summed E-state index contributed by atoms with van der Waals surface area (Å²) >= 11 is 0. The van der Waals surface area contributed by atoms with E-state index in [0.717, 1.165) is 6.07 Å². The van der Waals surface area contributed by atoms with Crippen molar-refractivity contribution < 1.29 is 23.9 Å². The molecule has 0 aromatic heterocycles. The minimum absolute atomic E-state index is 0.00634. The molecule has 23 heavy (non-hydrogen) atoms. The van der Waals surface area contributed by atoms with Gasteiger partial charge in [0.05, 0.1) is 0 Å². The molecule has 0 saturated carbocycles. The summed E-state index contributed by atoms with van der Waals surface area (Å²) in [5.41, 5.74) is 0.245. The summed E-state index contributed by atoms with van der Waals surface area (Å²) in [6.45, 7) is 0.983. The quantitative estimate of drug-likeness (QED) is 0.510. The Hall–Kier alpha value is -2.64. The first kappa shape index (κ1) is 18.4. The minimum atomic E-state index is -0.902. The smallest absolute Gasteiger partial charge is 0.314 e. The van der Waals surface area contributed by atoms with Crippen molar-refractivity contribution in [3.05, 3.63) is 35.6 Å². The van der Waals surface area contributed by atoms with Crippen LogP contribution in [0.2, 0.25) is 0 Å². The molecule has 126 valence electrons. The van der Waals surface area contributed by atoms with E-state index < -0.39 is 11.8 Å². The number of nitrogens with one attached hydrogen (secondary N) is 3. The molecule has 0 fully saturated rings. The lowest BCUT2D eigenvalue weighted by Crippen LogP contribution is -2.37. The zero-order chi connectivity index (χ0) is 17.1. The Morgan fingerprint density at radius 3 is 2.30 bits per heavy atom. The Morgan fingerprint density at radius 1 is 1.00 bits per heavy atom. The SMILES string of the molecule is O=C(O)CCCNC(=O)NCCCNC(=O)c1cccc(F)c1. The molecular formula is C15H20FN3O4. The van der Waals surface area contributed by atoms with Gasteiger partial charge in [-0.25, -0.2) is 9.18 Å². The van der Waals surface area contributed by atoms with E-state index in [1.54, 1.807) is 0 Å². The van der Waals surface area contributed by atoms with Gasteiger partial charge in [0.2, 0.25) is 0 Å². The molecule has 0 saturated heterocycles. The zero-order valence-corrected chi connectivity index (χ0v) is 12.6. The molecule has 8 heteroatoms. The predicted octanol–water partition coefficient (Wildman–Crippen LogP) is 1.11. The summed E-state index contributed by atoms with van der Waals surface area (Å²) in [5, 5.41) is 16.2. The average Bonchev–Trinajstić information content (AvgIpc) is 2.51. The van der Waals surface area contributed by atoms with Gasteiger partial charge in [-0.3, -0.25) is 9.59 Å². The summed E-state index contributed by atoms with van der Waals surface area (Å²) in [5.74, 6) is -1.75. The Balaban J connectivity index is 2.07. The van der Waals surface area contributed by atoms with Crippen LogP contribution in [0.15, 0.2) is 24.3 Å². The number of carboxylic acids is 1. The van der Waals surface area contributed by atoms with E-state index in [1.165, 1.54) is 18.2 Å². The third-order valence-corrected chi connectivity index (χ3v) is 2.86. The van der Waals surface area contributed by atoms with Gasteiger partial charge >= 0.3 is 12.0 Å². The lowest BCUT2D eigenvalue weighted by molar-refractivity contribution is -0.137. The van der Waals surface area contributed by atoms with Crippen molar-refractivity contribution in [3.63, 3.8) is 0 Å². The van der Waals surface area contributed by atoms with E-state index in [2.05, 4.69) is 16.0 Å². The fourth-order valence-corrected chi connectivity index (χ4v) is 1.73. The second-order valence-electron chi connectivity index (χ2n) is 4.80. The van der Waals surface area contributed by atoms with Crippen molar-refractivity contribution in [3.8, 4) is 0 Å². The van der Waals surface area contributed by atoms with Gasteiger partial charge in [-0.2, -0.15) is 0 Å². The summed E-state index contributed by atoms with van der Waals surface area (Å²) in [7, 11) is 0. The summed E-state index contributed by atoms with van der Waals surface area (Å²) in [6, 6.07) is 5.00. The first-order valence-corrected chi connectivity index (χ1v) is 7.26. The fraction of sp³-hybridized carbons (Fsp3) is 0.400. The number of hydrogen-bond acceptors (Lipinski definition) is 3. The molecule has 0 radical (unpaired) electrons. The highest BCUT2D eigenvalue weighted by Gasteiger charge is 2.05. The number of rotatable bonds is 9. The molecule has 1 aromatic rings. The van der Waals surface area contributed by atoms with Gasteiger partial charge in [-0.1, -0.05) is 6.07 Å². The van der Waals surface area contributed by atoms with Gasteiger partial charge in [0.1, 0.15) is 5.82 Å². The van der Waals surface area contributed by atoms with Gasteiger partial charge in [-0.15, -0.1) is 0 Å². The summed E-state index contributed by atoms with van der Waals surface area (Å²) in [4.78, 5) is 33.3. The molecule has 3 amide bonds. The van der Waals surface area contributed by atoms with Crippen LogP contribution >= 0.6 is 0 Å². The van der Waals surface area contributed by atoms with E-state index in [4.69, 9.17) is 5.11 Å². The molecule has 0 atom stereocenters. The first-order chi connectivity index (χ1) is 11.0. The molecule has 0 aliphatic carbocycles. The van der Waals surface area contributed by atoms with Crippen LogP contribution < -0.4 is 16.0 Å². The molecule has 1 aromatic carbocycles. The molecule has 1 rings (SSSR count). The van der Waals surface area contributed by atoms with Crippen LogP contribution in [0.5, 0.6) is 0 Å². The molecule has 0 unspecified atom stereocenters. The lowest BCUT2D eigenvalue weighted by atomic mass is 10.2. The average molecular weight is 325 g/mol. The van der Waals surface area contributed by atoms with Crippen molar-refractivity contribution in [1.82, 2.24) is 16.0 Å². The third-order valence-electron chi connectivity index (χ3n) is 2.86. The first-order valence-electron chi connectivity index (χ1n) is 7.26. The summed E-state index contributed by atoms with van der Waals surface area (Å²) in [6.07, 6.45) is 0.891. The molecule has 0 heterocycles. The van der Waals surface area contributed by atoms with Crippen molar-refractivity contribution in [2.45, 2.75) is 19.3 Å². The van der Waals surface area contributed by atoms with Crippen LogP contribution in [0.4, 0.5) is 9.18 Å².